The second-order valence-corrected chi connectivity index (χ2v) is 7.74. The van der Waals surface area contributed by atoms with E-state index in [1.807, 2.05) is 0 Å². The minimum absolute atomic E-state index is 0.0581. The van der Waals surface area contributed by atoms with Crippen LogP contribution < -0.4 is 5.32 Å². The highest BCUT2D eigenvalue weighted by molar-refractivity contribution is 7.15. The van der Waals surface area contributed by atoms with Crippen LogP contribution in [0.4, 0.5) is 5.82 Å². The molecule has 0 amide bonds. The first-order chi connectivity index (χ1) is 9.82. The monoisotopic (exact) mass is 303 g/mol. The van der Waals surface area contributed by atoms with Crippen LogP contribution in [0.25, 0.3) is 10.6 Å². The van der Waals surface area contributed by atoms with Gasteiger partial charge in [0.2, 0.25) is 0 Å². The van der Waals surface area contributed by atoms with Crippen molar-refractivity contribution < 1.29 is 0 Å². The van der Waals surface area contributed by atoms with Crippen LogP contribution in [0.2, 0.25) is 0 Å². The third-order valence-corrected chi connectivity index (χ3v) is 4.34. The Kier molecular flexibility index (Phi) is 4.67. The molecule has 114 valence electrons. The second-order valence-electron chi connectivity index (χ2n) is 6.46. The zero-order chi connectivity index (χ0) is 15.6. The van der Waals surface area contributed by atoms with E-state index in [4.69, 9.17) is 9.97 Å². The van der Waals surface area contributed by atoms with Crippen LogP contribution in [0, 0.1) is 13.8 Å². The Morgan fingerprint density at radius 2 is 1.86 bits per heavy atom. The van der Waals surface area contributed by atoms with Gasteiger partial charge >= 0.3 is 0 Å². The topological polar surface area (TPSA) is 37.8 Å². The summed E-state index contributed by atoms with van der Waals surface area (Å²) in [6, 6.07) is 4.31. The van der Waals surface area contributed by atoms with Crippen LogP contribution in [-0.2, 0) is 5.41 Å². The zero-order valence-electron chi connectivity index (χ0n) is 13.9. The molecule has 2 aromatic heterocycles. The maximum absolute atomic E-state index is 4.86. The lowest BCUT2D eigenvalue weighted by atomic mass is 9.95. The van der Waals surface area contributed by atoms with Crippen molar-refractivity contribution in [2.45, 2.75) is 53.4 Å². The van der Waals surface area contributed by atoms with Crippen molar-refractivity contribution in [1.82, 2.24) is 9.97 Å². The third kappa shape index (κ3) is 3.62. The Labute approximate surface area is 131 Å². The summed E-state index contributed by atoms with van der Waals surface area (Å²) in [5, 5.41) is 3.45. The normalized spacial score (nSPS) is 11.7. The first-order valence-corrected chi connectivity index (χ1v) is 8.34. The number of anilines is 1. The van der Waals surface area contributed by atoms with Gasteiger partial charge in [-0.1, -0.05) is 27.7 Å². The van der Waals surface area contributed by atoms with Gasteiger partial charge in [0.25, 0.3) is 0 Å². The van der Waals surface area contributed by atoms with E-state index in [1.165, 1.54) is 9.75 Å². The SMILES string of the molecule is CCCNc1nc(C(C)(C)C)nc(-c2ccc(C)s2)c1C. The van der Waals surface area contributed by atoms with Gasteiger partial charge in [0.05, 0.1) is 10.6 Å². The number of nitrogens with zero attached hydrogens (tertiary/aromatic N) is 2. The maximum Gasteiger partial charge on any atom is 0.136 e. The molecule has 0 aliphatic rings. The lowest BCUT2D eigenvalue weighted by Gasteiger charge is -2.20. The smallest absolute Gasteiger partial charge is 0.136 e. The Balaban J connectivity index is 2.57. The predicted octanol–water partition coefficient (Wildman–Crippen LogP) is 4.94. The van der Waals surface area contributed by atoms with Crippen molar-refractivity contribution in [2.24, 2.45) is 0 Å². The van der Waals surface area contributed by atoms with Gasteiger partial charge in [-0.05, 0) is 32.4 Å². The first-order valence-electron chi connectivity index (χ1n) is 7.52. The fraction of sp³-hybridized carbons (Fsp3) is 0.529. The summed E-state index contributed by atoms with van der Waals surface area (Å²) in [5.41, 5.74) is 2.14. The number of thiophene rings is 1. The molecule has 0 bridgehead atoms. The molecule has 4 heteroatoms. The first kappa shape index (κ1) is 16.0. The lowest BCUT2D eigenvalue weighted by molar-refractivity contribution is 0.546. The van der Waals surface area contributed by atoms with E-state index in [9.17, 15) is 0 Å². The highest BCUT2D eigenvalue weighted by Gasteiger charge is 2.22. The third-order valence-electron chi connectivity index (χ3n) is 3.33. The summed E-state index contributed by atoms with van der Waals surface area (Å²) in [6.45, 7) is 13.8. The van der Waals surface area contributed by atoms with Gasteiger partial charge in [-0.2, -0.15) is 0 Å². The number of aryl methyl sites for hydroxylation is 1. The summed E-state index contributed by atoms with van der Waals surface area (Å²) in [4.78, 5) is 12.1. The summed E-state index contributed by atoms with van der Waals surface area (Å²) >= 11 is 1.79. The predicted molar refractivity (Wildman–Crippen MR) is 92.3 cm³/mol. The molecule has 0 aliphatic carbocycles. The standard InChI is InChI=1S/C17H25N3S/c1-7-10-18-15-12(3)14(13-9-8-11(2)21-13)19-16(20-15)17(4,5)6/h8-9H,7,10H2,1-6H3,(H,18,19,20). The van der Waals surface area contributed by atoms with E-state index >= 15 is 0 Å². The lowest BCUT2D eigenvalue weighted by Crippen LogP contribution is -2.19. The van der Waals surface area contributed by atoms with E-state index in [0.717, 1.165) is 35.9 Å². The molecule has 0 spiro atoms. The molecule has 0 unspecified atom stereocenters. The van der Waals surface area contributed by atoms with E-state index in [0.29, 0.717) is 0 Å². The van der Waals surface area contributed by atoms with Crippen LogP contribution >= 0.6 is 11.3 Å². The van der Waals surface area contributed by atoms with Gasteiger partial charge in [-0.25, -0.2) is 9.97 Å². The van der Waals surface area contributed by atoms with Crippen LogP contribution in [0.5, 0.6) is 0 Å². The van der Waals surface area contributed by atoms with E-state index in [2.05, 4.69) is 59.0 Å². The van der Waals surface area contributed by atoms with Gasteiger partial charge in [-0.3, -0.25) is 0 Å². The number of aromatic nitrogens is 2. The Morgan fingerprint density at radius 1 is 1.14 bits per heavy atom. The molecule has 2 heterocycles. The van der Waals surface area contributed by atoms with E-state index < -0.39 is 0 Å². The van der Waals surface area contributed by atoms with E-state index in [1.54, 1.807) is 11.3 Å². The zero-order valence-corrected chi connectivity index (χ0v) is 14.7. The van der Waals surface area contributed by atoms with Gasteiger partial charge < -0.3 is 5.32 Å². The minimum Gasteiger partial charge on any atom is -0.370 e. The molecule has 0 aromatic carbocycles. The second kappa shape index (κ2) is 6.14. The largest absolute Gasteiger partial charge is 0.370 e. The van der Waals surface area contributed by atoms with Gasteiger partial charge in [-0.15, -0.1) is 11.3 Å². The van der Waals surface area contributed by atoms with Gasteiger partial charge in [0.1, 0.15) is 11.6 Å². The molecule has 2 rings (SSSR count). The summed E-state index contributed by atoms with van der Waals surface area (Å²) < 4.78 is 0. The molecule has 0 saturated carbocycles. The van der Waals surface area contributed by atoms with Crippen molar-refractivity contribution in [3.63, 3.8) is 0 Å². The van der Waals surface area contributed by atoms with Crippen molar-refractivity contribution in [3.05, 3.63) is 28.4 Å². The molecule has 0 atom stereocenters. The van der Waals surface area contributed by atoms with Crippen LogP contribution in [0.3, 0.4) is 0 Å². The molecule has 0 fully saturated rings. The quantitative estimate of drug-likeness (QED) is 0.869. The highest BCUT2D eigenvalue weighted by Crippen LogP contribution is 2.33. The molecular formula is C17H25N3S. The van der Waals surface area contributed by atoms with Crippen molar-refractivity contribution >= 4 is 17.2 Å². The maximum atomic E-state index is 4.86. The molecule has 0 saturated heterocycles. The van der Waals surface area contributed by atoms with Crippen molar-refractivity contribution in [2.75, 3.05) is 11.9 Å². The molecular weight excluding hydrogens is 278 g/mol. The summed E-state index contributed by atoms with van der Waals surface area (Å²) in [6.07, 6.45) is 1.09. The van der Waals surface area contributed by atoms with Crippen molar-refractivity contribution in [3.8, 4) is 10.6 Å². The number of rotatable bonds is 4. The summed E-state index contributed by atoms with van der Waals surface area (Å²) in [5.74, 6) is 1.87. The highest BCUT2D eigenvalue weighted by atomic mass is 32.1. The Morgan fingerprint density at radius 3 is 2.38 bits per heavy atom. The molecule has 0 radical (unpaired) electrons. The fourth-order valence-electron chi connectivity index (χ4n) is 2.07. The molecule has 1 N–H and O–H groups in total. The van der Waals surface area contributed by atoms with Crippen LogP contribution in [0.15, 0.2) is 12.1 Å². The average Bonchev–Trinajstić information content (AvgIpc) is 2.82. The number of hydrogen-bond donors (Lipinski definition) is 1. The van der Waals surface area contributed by atoms with Crippen LogP contribution in [0.1, 0.15) is 50.4 Å². The molecule has 0 aliphatic heterocycles. The van der Waals surface area contributed by atoms with Crippen molar-refractivity contribution in [1.29, 1.82) is 0 Å². The van der Waals surface area contributed by atoms with Crippen LogP contribution in [-0.4, -0.2) is 16.5 Å². The molecule has 21 heavy (non-hydrogen) atoms. The number of hydrogen-bond acceptors (Lipinski definition) is 4. The molecule has 3 nitrogen and oxygen atoms in total. The van der Waals surface area contributed by atoms with Gasteiger partial charge in [0.15, 0.2) is 0 Å². The molecule has 2 aromatic rings. The van der Waals surface area contributed by atoms with E-state index in [-0.39, 0.29) is 5.41 Å². The summed E-state index contributed by atoms with van der Waals surface area (Å²) in [7, 11) is 0. The number of nitrogens with one attached hydrogen (secondary N) is 1. The Bertz CT molecular complexity index is 623. The fourth-order valence-corrected chi connectivity index (χ4v) is 2.98. The minimum atomic E-state index is -0.0581. The average molecular weight is 303 g/mol. The Hall–Kier alpha value is -1.42. The van der Waals surface area contributed by atoms with Gasteiger partial charge in [0, 0.05) is 22.4 Å².